The van der Waals surface area contributed by atoms with Crippen LogP contribution in [0.5, 0.6) is 0 Å². The Morgan fingerprint density at radius 1 is 0.821 bits per heavy atom. The molecule has 1 atom stereocenters. The van der Waals surface area contributed by atoms with Crippen LogP contribution in [0.15, 0.2) is 77.3 Å². The van der Waals surface area contributed by atoms with Crippen molar-refractivity contribution in [1.29, 1.82) is 0 Å². The summed E-state index contributed by atoms with van der Waals surface area (Å²) in [5.41, 5.74) is 4.17. The van der Waals surface area contributed by atoms with Gasteiger partial charge in [0.15, 0.2) is 0 Å². The van der Waals surface area contributed by atoms with Gasteiger partial charge in [-0.3, -0.25) is 19.3 Å². The van der Waals surface area contributed by atoms with Crippen molar-refractivity contribution >= 4 is 45.0 Å². The molecular weight excluding hydrogens is 554 g/mol. The van der Waals surface area contributed by atoms with E-state index in [0.717, 1.165) is 41.3 Å². The van der Waals surface area contributed by atoms with E-state index in [1.165, 1.54) is 6.42 Å². The molecule has 0 heterocycles. The zero-order chi connectivity index (χ0) is 27.8. The number of anilines is 2. The minimum atomic E-state index is -0.865. The monoisotopic (exact) mass is 589 g/mol. The number of hydrogen-bond donors (Lipinski definition) is 2. The normalized spacial score (nSPS) is 14.3. The van der Waals surface area contributed by atoms with E-state index in [2.05, 4.69) is 26.6 Å². The van der Waals surface area contributed by atoms with Gasteiger partial charge in [0.05, 0.1) is 0 Å². The molecule has 4 rings (SSSR count). The molecule has 3 aromatic carbocycles. The maximum Gasteiger partial charge on any atom is 0.248 e. The summed E-state index contributed by atoms with van der Waals surface area (Å²) in [6.07, 6.45) is 5.21. The van der Waals surface area contributed by atoms with Gasteiger partial charge in [-0.2, -0.15) is 0 Å². The van der Waals surface area contributed by atoms with Gasteiger partial charge in [-0.1, -0.05) is 82.7 Å². The lowest BCUT2D eigenvalue weighted by Gasteiger charge is -2.33. The molecule has 6 nitrogen and oxygen atoms in total. The summed E-state index contributed by atoms with van der Waals surface area (Å²) in [5.74, 6) is -0.741. The van der Waals surface area contributed by atoms with Gasteiger partial charge in [-0.25, -0.2) is 0 Å². The van der Waals surface area contributed by atoms with E-state index in [1.54, 1.807) is 4.90 Å². The number of carbonyl (C=O) groups excluding carboxylic acids is 3. The third-order valence-corrected chi connectivity index (χ3v) is 7.65. The number of hydrogen-bond acceptors (Lipinski definition) is 3. The first kappa shape index (κ1) is 28.6. The highest BCUT2D eigenvalue weighted by atomic mass is 79.9. The number of benzene rings is 3. The fourth-order valence-corrected chi connectivity index (χ4v) is 5.20. The van der Waals surface area contributed by atoms with Gasteiger partial charge < -0.3 is 10.6 Å². The van der Waals surface area contributed by atoms with Gasteiger partial charge in [0.25, 0.3) is 0 Å². The standard InChI is InChI=1S/C32H36BrN3O3/c1-22-8-16-27(17-9-22)34-29(37)20-21-30(38)36(28-18-10-23(2)11-19-28)31(24-12-14-25(33)15-13-24)32(39)35-26-6-4-3-5-7-26/h8-19,26,31H,3-7,20-21H2,1-2H3,(H,34,37)(H,35,39). The summed E-state index contributed by atoms with van der Waals surface area (Å²) < 4.78 is 0.888. The zero-order valence-electron chi connectivity index (χ0n) is 22.6. The van der Waals surface area contributed by atoms with Crippen LogP contribution in [0.1, 0.15) is 67.7 Å². The molecule has 1 saturated carbocycles. The molecule has 1 fully saturated rings. The molecule has 2 N–H and O–H groups in total. The van der Waals surface area contributed by atoms with Crippen LogP contribution in [-0.2, 0) is 14.4 Å². The Balaban J connectivity index is 1.60. The maximum absolute atomic E-state index is 13.9. The van der Waals surface area contributed by atoms with Gasteiger partial charge in [-0.05, 0) is 68.7 Å². The van der Waals surface area contributed by atoms with E-state index in [9.17, 15) is 14.4 Å². The summed E-state index contributed by atoms with van der Waals surface area (Å²) in [6.45, 7) is 3.96. The topological polar surface area (TPSA) is 78.5 Å². The first-order valence-corrected chi connectivity index (χ1v) is 14.4. The number of halogens is 1. The Bertz CT molecular complexity index is 1270. The lowest BCUT2D eigenvalue weighted by Crippen LogP contribution is -2.47. The fraction of sp³-hybridized carbons (Fsp3) is 0.344. The van der Waals surface area contributed by atoms with Crippen molar-refractivity contribution in [1.82, 2.24) is 5.32 Å². The van der Waals surface area contributed by atoms with Crippen LogP contribution < -0.4 is 15.5 Å². The van der Waals surface area contributed by atoms with E-state index in [4.69, 9.17) is 0 Å². The van der Waals surface area contributed by atoms with Gasteiger partial charge in [0, 0.05) is 34.7 Å². The van der Waals surface area contributed by atoms with Crippen LogP contribution in [0.2, 0.25) is 0 Å². The second-order valence-electron chi connectivity index (χ2n) is 10.3. The largest absolute Gasteiger partial charge is 0.351 e. The lowest BCUT2D eigenvalue weighted by molar-refractivity contribution is -0.127. The highest BCUT2D eigenvalue weighted by Gasteiger charge is 2.34. The van der Waals surface area contributed by atoms with Crippen molar-refractivity contribution in [3.63, 3.8) is 0 Å². The minimum absolute atomic E-state index is 0.00632. The SMILES string of the molecule is Cc1ccc(NC(=O)CCC(=O)N(c2ccc(C)cc2)C(C(=O)NC2CCCCC2)c2ccc(Br)cc2)cc1. The van der Waals surface area contributed by atoms with Crippen molar-refractivity contribution in [2.75, 3.05) is 10.2 Å². The predicted molar refractivity (Wildman–Crippen MR) is 160 cm³/mol. The Labute approximate surface area is 239 Å². The molecule has 0 spiro atoms. The van der Waals surface area contributed by atoms with Crippen LogP contribution in [0.3, 0.4) is 0 Å². The number of amides is 3. The van der Waals surface area contributed by atoms with Gasteiger partial charge in [0.1, 0.15) is 6.04 Å². The molecule has 3 amide bonds. The van der Waals surface area contributed by atoms with E-state index < -0.39 is 6.04 Å². The minimum Gasteiger partial charge on any atom is -0.351 e. The molecule has 1 aliphatic rings. The van der Waals surface area contributed by atoms with Crippen molar-refractivity contribution in [2.45, 2.75) is 70.9 Å². The van der Waals surface area contributed by atoms with E-state index in [0.29, 0.717) is 16.9 Å². The number of nitrogens with zero attached hydrogens (tertiary/aromatic N) is 1. The van der Waals surface area contributed by atoms with Gasteiger partial charge >= 0.3 is 0 Å². The van der Waals surface area contributed by atoms with Crippen molar-refractivity contribution < 1.29 is 14.4 Å². The molecule has 0 aromatic heterocycles. The van der Waals surface area contributed by atoms with Crippen LogP contribution in [0, 0.1) is 13.8 Å². The summed E-state index contributed by atoms with van der Waals surface area (Å²) in [5, 5.41) is 6.09. The maximum atomic E-state index is 13.9. The number of aryl methyl sites for hydroxylation is 2. The average molecular weight is 591 g/mol. The summed E-state index contributed by atoms with van der Waals surface area (Å²) in [4.78, 5) is 42.0. The third kappa shape index (κ3) is 8.02. The smallest absolute Gasteiger partial charge is 0.248 e. The molecule has 0 bridgehead atoms. The van der Waals surface area contributed by atoms with Crippen molar-refractivity contribution in [3.8, 4) is 0 Å². The van der Waals surface area contributed by atoms with E-state index in [-0.39, 0.29) is 36.6 Å². The van der Waals surface area contributed by atoms with Gasteiger partial charge in [0.2, 0.25) is 17.7 Å². The highest BCUT2D eigenvalue weighted by Crippen LogP contribution is 2.31. The quantitative estimate of drug-likeness (QED) is 0.282. The molecule has 0 radical (unpaired) electrons. The predicted octanol–water partition coefficient (Wildman–Crippen LogP) is 7.01. The molecule has 0 aliphatic heterocycles. The molecule has 3 aromatic rings. The average Bonchev–Trinajstić information content (AvgIpc) is 2.93. The molecule has 1 unspecified atom stereocenters. The Kier molecular flexibility index (Phi) is 9.93. The number of carbonyl (C=O) groups is 3. The summed E-state index contributed by atoms with van der Waals surface area (Å²) in [7, 11) is 0. The first-order valence-electron chi connectivity index (χ1n) is 13.6. The zero-order valence-corrected chi connectivity index (χ0v) is 24.2. The molecule has 39 heavy (non-hydrogen) atoms. The number of rotatable bonds is 9. The van der Waals surface area contributed by atoms with Crippen molar-refractivity contribution in [2.24, 2.45) is 0 Å². The highest BCUT2D eigenvalue weighted by molar-refractivity contribution is 9.10. The fourth-order valence-electron chi connectivity index (χ4n) is 4.93. The lowest BCUT2D eigenvalue weighted by atomic mass is 9.94. The first-order chi connectivity index (χ1) is 18.8. The van der Waals surface area contributed by atoms with E-state index >= 15 is 0 Å². The molecule has 1 aliphatic carbocycles. The Morgan fingerprint density at radius 3 is 2.03 bits per heavy atom. The molecule has 7 heteroatoms. The van der Waals surface area contributed by atoms with Gasteiger partial charge in [-0.15, -0.1) is 0 Å². The number of nitrogens with one attached hydrogen (secondary N) is 2. The van der Waals surface area contributed by atoms with Crippen LogP contribution in [-0.4, -0.2) is 23.8 Å². The van der Waals surface area contributed by atoms with Crippen LogP contribution in [0.25, 0.3) is 0 Å². The third-order valence-electron chi connectivity index (χ3n) is 7.13. The van der Waals surface area contributed by atoms with Crippen LogP contribution >= 0.6 is 15.9 Å². The molecule has 0 saturated heterocycles. The van der Waals surface area contributed by atoms with Crippen LogP contribution in [0.4, 0.5) is 11.4 Å². The second kappa shape index (κ2) is 13.6. The molecule has 204 valence electrons. The van der Waals surface area contributed by atoms with E-state index in [1.807, 2.05) is 86.6 Å². The summed E-state index contributed by atoms with van der Waals surface area (Å²) in [6, 6.07) is 21.8. The Hall–Kier alpha value is -3.45. The van der Waals surface area contributed by atoms with Crippen molar-refractivity contribution in [3.05, 3.63) is 94.0 Å². The summed E-state index contributed by atoms with van der Waals surface area (Å²) >= 11 is 3.48. The second-order valence-corrected chi connectivity index (χ2v) is 11.2. The molecular formula is C32H36BrN3O3. The Morgan fingerprint density at radius 2 is 1.41 bits per heavy atom.